The Balaban J connectivity index is 2.03. The summed E-state index contributed by atoms with van der Waals surface area (Å²) < 4.78 is 5.73. The number of hydrogen-bond acceptors (Lipinski definition) is 5. The van der Waals surface area contributed by atoms with Gasteiger partial charge in [-0.15, -0.1) is 5.06 Å². The fourth-order valence-corrected chi connectivity index (χ4v) is 2.83. The number of para-hydroxylation sites is 2. The molecule has 1 atom stereocenters. The quantitative estimate of drug-likeness (QED) is 0.754. The van der Waals surface area contributed by atoms with Crippen LogP contribution in [0.1, 0.15) is 18.1 Å². The molecule has 21 heavy (non-hydrogen) atoms. The molecule has 0 saturated carbocycles. The Morgan fingerprint density at radius 3 is 2.67 bits per heavy atom. The van der Waals surface area contributed by atoms with Gasteiger partial charge in [-0.2, -0.15) is 0 Å². The Morgan fingerprint density at radius 1 is 1.14 bits per heavy atom. The zero-order chi connectivity index (χ0) is 14.4. The Morgan fingerprint density at radius 2 is 1.86 bits per heavy atom. The lowest BCUT2D eigenvalue weighted by Crippen LogP contribution is -2.48. The van der Waals surface area contributed by atoms with Gasteiger partial charge in [0, 0.05) is 6.92 Å². The Hall–Kier alpha value is -2.82. The lowest BCUT2D eigenvalue weighted by Gasteiger charge is -2.37. The van der Waals surface area contributed by atoms with Crippen LogP contribution in [0.25, 0.3) is 0 Å². The molecule has 104 valence electrons. The van der Waals surface area contributed by atoms with Crippen LogP contribution in [0, 0.1) is 0 Å². The average Bonchev–Trinajstić information content (AvgIpc) is 2.81. The number of nitrogens with zero attached hydrogens (tertiary/aromatic N) is 2. The first-order valence-corrected chi connectivity index (χ1v) is 6.62. The number of carbonyl (C=O) groups is 1. The first-order chi connectivity index (χ1) is 10.2. The first-order valence-electron chi connectivity index (χ1n) is 6.62. The number of hydrogen-bond donors (Lipinski definition) is 0. The fraction of sp³-hybridized carbons (Fsp3) is 0.125. The maximum absolute atomic E-state index is 11.7. The van der Waals surface area contributed by atoms with E-state index in [2.05, 4.69) is 4.99 Å². The Labute approximate surface area is 121 Å². The predicted octanol–water partition coefficient (Wildman–Crippen LogP) is 2.73. The molecule has 5 nitrogen and oxygen atoms in total. The zero-order valence-electron chi connectivity index (χ0n) is 11.3. The van der Waals surface area contributed by atoms with Crippen LogP contribution in [-0.4, -0.2) is 17.4 Å². The van der Waals surface area contributed by atoms with E-state index in [9.17, 15) is 4.79 Å². The van der Waals surface area contributed by atoms with Crippen LogP contribution in [-0.2, 0) is 15.3 Å². The molecule has 0 aliphatic carbocycles. The van der Waals surface area contributed by atoms with Gasteiger partial charge in [0.1, 0.15) is 6.34 Å². The molecule has 0 N–H and O–H groups in total. The van der Waals surface area contributed by atoms with E-state index in [4.69, 9.17) is 9.57 Å². The molecule has 1 unspecified atom stereocenters. The molecule has 0 aromatic heterocycles. The van der Waals surface area contributed by atoms with Crippen molar-refractivity contribution in [3.63, 3.8) is 0 Å². The number of ether oxygens (including phenoxy) is 1. The van der Waals surface area contributed by atoms with Gasteiger partial charge in [-0.25, -0.2) is 4.99 Å². The second-order valence-corrected chi connectivity index (χ2v) is 4.91. The van der Waals surface area contributed by atoms with Crippen LogP contribution in [0.4, 0.5) is 5.69 Å². The smallest absolute Gasteiger partial charge is 0.305 e. The number of hydroxylamine groups is 2. The largest absolute Gasteiger partial charge is 0.427 e. The molecule has 4 rings (SSSR count). The van der Waals surface area contributed by atoms with E-state index in [1.807, 2.05) is 48.5 Å². The summed E-state index contributed by atoms with van der Waals surface area (Å²) in [5.41, 5.74) is 1.22. The Kier molecular flexibility index (Phi) is 2.33. The van der Waals surface area contributed by atoms with Gasteiger partial charge >= 0.3 is 5.97 Å². The molecule has 0 saturated heterocycles. The van der Waals surface area contributed by atoms with E-state index in [0.29, 0.717) is 5.75 Å². The maximum atomic E-state index is 11.7. The molecule has 0 bridgehead atoms. The highest BCUT2D eigenvalue weighted by atomic mass is 16.7. The average molecular weight is 280 g/mol. The lowest BCUT2D eigenvalue weighted by molar-refractivity contribution is -0.193. The van der Waals surface area contributed by atoms with Gasteiger partial charge in [-0.3, -0.25) is 4.79 Å². The van der Waals surface area contributed by atoms with Gasteiger partial charge in [-0.1, -0.05) is 30.3 Å². The highest BCUT2D eigenvalue weighted by Crippen LogP contribution is 2.51. The summed E-state index contributed by atoms with van der Waals surface area (Å²) in [5.74, 6) is 0.271. The Bertz CT molecular complexity index is 772. The van der Waals surface area contributed by atoms with E-state index in [1.54, 1.807) is 6.34 Å². The van der Waals surface area contributed by atoms with Crippen LogP contribution in [0.5, 0.6) is 5.75 Å². The number of carbonyl (C=O) groups excluding carboxylic acids is 1. The van der Waals surface area contributed by atoms with Crippen molar-refractivity contribution in [1.29, 1.82) is 0 Å². The summed E-state index contributed by atoms with van der Waals surface area (Å²) in [6.45, 7) is 1.39. The molecule has 0 radical (unpaired) electrons. The normalized spacial score (nSPS) is 21.1. The van der Waals surface area contributed by atoms with Crippen LogP contribution in [0.15, 0.2) is 53.5 Å². The molecule has 0 spiro atoms. The summed E-state index contributed by atoms with van der Waals surface area (Å²) in [5, 5.41) is 1.49. The summed E-state index contributed by atoms with van der Waals surface area (Å²) in [7, 11) is 0. The van der Waals surface area contributed by atoms with E-state index in [-0.39, 0.29) is 5.97 Å². The number of rotatable bonds is 1. The summed E-state index contributed by atoms with van der Waals surface area (Å²) in [6, 6.07) is 15.1. The minimum absolute atomic E-state index is 0.384. The fourth-order valence-electron chi connectivity index (χ4n) is 2.83. The topological polar surface area (TPSA) is 51.1 Å². The van der Waals surface area contributed by atoms with E-state index >= 15 is 0 Å². The van der Waals surface area contributed by atoms with Crippen LogP contribution >= 0.6 is 0 Å². The van der Waals surface area contributed by atoms with Crippen molar-refractivity contribution >= 4 is 18.0 Å². The number of benzene rings is 2. The molecule has 2 heterocycles. The van der Waals surface area contributed by atoms with Gasteiger partial charge in [0.15, 0.2) is 5.75 Å². The van der Waals surface area contributed by atoms with Crippen molar-refractivity contribution in [2.75, 3.05) is 0 Å². The van der Waals surface area contributed by atoms with Crippen molar-refractivity contribution in [1.82, 2.24) is 5.06 Å². The third kappa shape index (κ3) is 1.51. The van der Waals surface area contributed by atoms with E-state index < -0.39 is 5.72 Å². The number of esters is 1. The van der Waals surface area contributed by atoms with Crippen LogP contribution < -0.4 is 4.84 Å². The molecule has 0 amide bonds. The van der Waals surface area contributed by atoms with E-state index in [1.165, 1.54) is 12.0 Å². The summed E-state index contributed by atoms with van der Waals surface area (Å²) in [4.78, 5) is 21.9. The van der Waals surface area contributed by atoms with Crippen LogP contribution in [0.2, 0.25) is 0 Å². The van der Waals surface area contributed by atoms with Crippen molar-refractivity contribution in [3.8, 4) is 5.75 Å². The first kappa shape index (κ1) is 12.0. The predicted molar refractivity (Wildman–Crippen MR) is 76.0 cm³/mol. The highest BCUT2D eigenvalue weighted by Gasteiger charge is 2.54. The molecule has 5 heteroatoms. The third-order valence-electron chi connectivity index (χ3n) is 3.62. The van der Waals surface area contributed by atoms with Crippen molar-refractivity contribution in [2.45, 2.75) is 12.6 Å². The van der Waals surface area contributed by atoms with Gasteiger partial charge in [-0.05, 0) is 18.2 Å². The minimum atomic E-state index is -1.11. The molecule has 2 aromatic carbocycles. The van der Waals surface area contributed by atoms with Gasteiger partial charge in [0.05, 0.1) is 16.8 Å². The van der Waals surface area contributed by atoms with E-state index in [0.717, 1.165) is 16.8 Å². The number of fused-ring (bicyclic) bond motifs is 5. The van der Waals surface area contributed by atoms with Gasteiger partial charge < -0.3 is 9.57 Å². The molecule has 0 fully saturated rings. The zero-order valence-corrected chi connectivity index (χ0v) is 11.3. The molecule has 2 aliphatic heterocycles. The molecular weight excluding hydrogens is 268 g/mol. The lowest BCUT2D eigenvalue weighted by atomic mass is 9.92. The SMILES string of the molecule is CC(=O)OC12c3ccccc3N=CN1Oc1ccccc12. The molecular formula is C16H12N2O3. The van der Waals surface area contributed by atoms with Crippen molar-refractivity contribution in [2.24, 2.45) is 4.99 Å². The van der Waals surface area contributed by atoms with Gasteiger partial charge in [0.2, 0.25) is 0 Å². The second-order valence-electron chi connectivity index (χ2n) is 4.91. The minimum Gasteiger partial charge on any atom is -0.427 e. The van der Waals surface area contributed by atoms with Crippen LogP contribution in [0.3, 0.4) is 0 Å². The van der Waals surface area contributed by atoms with Crippen molar-refractivity contribution in [3.05, 3.63) is 59.7 Å². The third-order valence-corrected chi connectivity index (χ3v) is 3.62. The molecule has 2 aliphatic rings. The monoisotopic (exact) mass is 280 g/mol. The van der Waals surface area contributed by atoms with Crippen molar-refractivity contribution < 1.29 is 14.4 Å². The van der Waals surface area contributed by atoms with Gasteiger partial charge in [0.25, 0.3) is 5.72 Å². The second kappa shape index (κ2) is 4.09. The summed E-state index contributed by atoms with van der Waals surface area (Å²) in [6.07, 6.45) is 1.55. The standard InChI is InChI=1S/C16H12N2O3/c1-11(19)20-16-12-6-2-4-8-14(12)17-10-18(16)21-15-9-5-3-7-13(15)16/h2-10H,1H3. The number of aliphatic imine (C=N–C) groups is 1. The molecule has 2 aromatic rings. The maximum Gasteiger partial charge on any atom is 0.305 e. The summed E-state index contributed by atoms with van der Waals surface area (Å²) >= 11 is 0. The highest BCUT2D eigenvalue weighted by molar-refractivity contribution is 5.76.